The largest absolute Gasteiger partial charge is 0.444 e. The summed E-state index contributed by atoms with van der Waals surface area (Å²) in [6.45, 7) is 14.1. The maximum absolute atomic E-state index is 13.8. The van der Waals surface area contributed by atoms with Gasteiger partial charge >= 0.3 is 6.09 Å². The number of ether oxygens (including phenoxy) is 1. The van der Waals surface area contributed by atoms with Crippen LogP contribution in [0.5, 0.6) is 0 Å². The summed E-state index contributed by atoms with van der Waals surface area (Å²) in [5.74, 6) is 5.61. The van der Waals surface area contributed by atoms with Gasteiger partial charge in [-0.15, -0.1) is 0 Å². The van der Waals surface area contributed by atoms with Gasteiger partial charge in [0, 0.05) is 75.9 Å². The van der Waals surface area contributed by atoms with Crippen molar-refractivity contribution in [3.63, 3.8) is 0 Å². The highest BCUT2D eigenvalue weighted by Gasteiger charge is 2.25. The van der Waals surface area contributed by atoms with Crippen molar-refractivity contribution in [2.75, 3.05) is 45.8 Å². The van der Waals surface area contributed by atoms with Gasteiger partial charge in [0.15, 0.2) is 0 Å². The summed E-state index contributed by atoms with van der Waals surface area (Å²) in [4.78, 5) is 37.7. The van der Waals surface area contributed by atoms with Crippen molar-refractivity contribution in [3.05, 3.63) is 106 Å². The number of allylic oxidation sites excluding steroid dienone is 1. The number of nitrogens with zero attached hydrogens (tertiary/aromatic N) is 5. The van der Waals surface area contributed by atoms with E-state index in [1.165, 1.54) is 12.1 Å². The van der Waals surface area contributed by atoms with Crippen molar-refractivity contribution in [3.8, 4) is 17.9 Å². The summed E-state index contributed by atoms with van der Waals surface area (Å²) in [6.07, 6.45) is 5.80. The third-order valence-corrected chi connectivity index (χ3v) is 9.18. The number of likely N-dealkylation sites (tertiary alicyclic amines) is 1. The summed E-state index contributed by atoms with van der Waals surface area (Å²) >= 11 is 0. The number of hydrogen-bond donors (Lipinski definition) is 2. The van der Waals surface area contributed by atoms with Gasteiger partial charge in [-0.1, -0.05) is 49.1 Å². The number of aromatic nitrogens is 1. The van der Waals surface area contributed by atoms with Crippen molar-refractivity contribution in [2.45, 2.75) is 71.7 Å². The Labute approximate surface area is 313 Å². The molecule has 2 aromatic carbocycles. The third-order valence-electron chi connectivity index (χ3n) is 9.18. The Bertz CT molecular complexity index is 1840. The first-order valence-electron chi connectivity index (χ1n) is 18.4. The van der Waals surface area contributed by atoms with E-state index in [2.05, 4.69) is 56.2 Å². The number of nitrogens with one attached hydrogen (secondary N) is 2. The van der Waals surface area contributed by atoms with Crippen LogP contribution >= 0.6 is 0 Å². The molecule has 2 saturated heterocycles. The molecule has 0 bridgehead atoms. The predicted molar refractivity (Wildman–Crippen MR) is 204 cm³/mol. The van der Waals surface area contributed by atoms with E-state index in [-0.39, 0.29) is 30.0 Å². The predicted octanol–water partition coefficient (Wildman–Crippen LogP) is 5.93. The fourth-order valence-corrected chi connectivity index (χ4v) is 6.50. The highest BCUT2D eigenvalue weighted by molar-refractivity contribution is 5.95. The number of halogens is 1. The van der Waals surface area contributed by atoms with E-state index in [1.54, 1.807) is 27.0 Å². The van der Waals surface area contributed by atoms with Gasteiger partial charge in [0.25, 0.3) is 5.91 Å². The molecule has 1 aromatic heterocycles. The Morgan fingerprint density at radius 2 is 1.58 bits per heavy atom. The molecule has 2 N–H and O–H groups in total. The molecule has 278 valence electrons. The number of carbonyl (C=O) groups excluding carboxylic acids is 2. The second-order valence-electron chi connectivity index (χ2n) is 14.5. The molecule has 0 atom stereocenters. The minimum Gasteiger partial charge on any atom is -0.444 e. The molecular weight excluding hydrogens is 670 g/mol. The first kappa shape index (κ1) is 39.0. The van der Waals surface area contributed by atoms with Crippen LogP contribution in [0.2, 0.25) is 0 Å². The first-order chi connectivity index (χ1) is 25.5. The lowest BCUT2D eigenvalue weighted by Gasteiger charge is -2.37. The molecule has 0 radical (unpaired) electrons. The number of nitriles is 1. The van der Waals surface area contributed by atoms with E-state index in [1.807, 2.05) is 42.5 Å². The van der Waals surface area contributed by atoms with Crippen molar-refractivity contribution < 1.29 is 18.7 Å². The number of alkyl carbamates (subject to hydrolysis) is 1. The van der Waals surface area contributed by atoms with Gasteiger partial charge in [0.2, 0.25) is 0 Å². The SMILES string of the molecule is CC/C=C(/c1cnc(C(=O)NC2CCN(Cc3ccc(C#N)cc3)CC2)c(C#CCNC(=O)OC(C)(C)C)c1)N1CCN(Cc2ccc(F)cc2)CC1. The maximum Gasteiger partial charge on any atom is 0.408 e. The molecule has 11 heteroatoms. The number of hydrogen-bond acceptors (Lipinski definition) is 8. The smallest absolute Gasteiger partial charge is 0.408 e. The van der Waals surface area contributed by atoms with Crippen LogP contribution in [0.3, 0.4) is 0 Å². The monoisotopic (exact) mass is 719 g/mol. The van der Waals surface area contributed by atoms with Gasteiger partial charge in [-0.25, -0.2) is 14.2 Å². The summed E-state index contributed by atoms with van der Waals surface area (Å²) < 4.78 is 18.8. The zero-order valence-electron chi connectivity index (χ0n) is 31.3. The molecule has 53 heavy (non-hydrogen) atoms. The van der Waals surface area contributed by atoms with Gasteiger partial charge < -0.3 is 20.3 Å². The normalized spacial score (nSPS) is 15.9. The van der Waals surface area contributed by atoms with Crippen LogP contribution in [0.25, 0.3) is 5.70 Å². The zero-order valence-corrected chi connectivity index (χ0v) is 31.3. The number of rotatable bonds is 10. The number of piperazine rings is 1. The molecule has 10 nitrogen and oxygen atoms in total. The number of carbonyl (C=O) groups is 2. The van der Waals surface area contributed by atoms with E-state index >= 15 is 0 Å². The number of benzene rings is 2. The second-order valence-corrected chi connectivity index (χ2v) is 14.5. The van der Waals surface area contributed by atoms with Crippen LogP contribution in [-0.2, 0) is 17.8 Å². The van der Waals surface area contributed by atoms with Gasteiger partial charge in [0.1, 0.15) is 17.1 Å². The molecule has 2 amide bonds. The molecule has 2 fully saturated rings. The standard InChI is InChI=1S/C42H50FN7O3/c1-5-7-38(50-24-22-49(23-25-50)30-33-13-15-36(43)16-14-33)35-26-34(8-6-19-45-41(52)53-42(2,3)4)39(46-28-35)40(51)47-37-17-20-48(21-18-37)29-32-11-9-31(27-44)10-12-32/h7,9-16,26,28,37H,5,17-25,29-30H2,1-4H3,(H,45,52)(H,47,51)/b38-7-. The number of pyridine rings is 1. The summed E-state index contributed by atoms with van der Waals surface area (Å²) in [7, 11) is 0. The van der Waals surface area contributed by atoms with Crippen LogP contribution in [0.1, 0.15) is 85.3 Å². The highest BCUT2D eigenvalue weighted by atomic mass is 19.1. The van der Waals surface area contributed by atoms with Crippen LogP contribution in [0.4, 0.5) is 9.18 Å². The van der Waals surface area contributed by atoms with Gasteiger partial charge in [-0.2, -0.15) is 5.26 Å². The van der Waals surface area contributed by atoms with Crippen molar-refractivity contribution in [1.82, 2.24) is 30.3 Å². The molecule has 3 heterocycles. The van der Waals surface area contributed by atoms with Crippen molar-refractivity contribution in [1.29, 1.82) is 5.26 Å². The van der Waals surface area contributed by atoms with Crippen molar-refractivity contribution >= 4 is 17.7 Å². The van der Waals surface area contributed by atoms with Crippen LogP contribution < -0.4 is 10.6 Å². The molecule has 0 unspecified atom stereocenters. The molecule has 5 rings (SSSR count). The Hall–Kier alpha value is -5.23. The third kappa shape index (κ3) is 11.9. The van der Waals surface area contributed by atoms with E-state index in [0.717, 1.165) is 94.0 Å². The van der Waals surface area contributed by atoms with E-state index < -0.39 is 11.7 Å². The number of piperidine rings is 1. The average Bonchev–Trinajstić information content (AvgIpc) is 3.14. The zero-order chi connectivity index (χ0) is 37.8. The van der Waals surface area contributed by atoms with Gasteiger partial charge in [0.05, 0.1) is 23.7 Å². The van der Waals surface area contributed by atoms with Crippen LogP contribution in [-0.4, -0.2) is 89.1 Å². The number of amides is 2. The molecular formula is C42H50FN7O3. The Balaban J connectivity index is 1.27. The van der Waals surface area contributed by atoms with Gasteiger partial charge in [-0.3, -0.25) is 14.6 Å². The summed E-state index contributed by atoms with van der Waals surface area (Å²) in [5, 5.41) is 15.0. The molecule has 0 spiro atoms. The molecule has 2 aliphatic heterocycles. The maximum atomic E-state index is 13.8. The van der Waals surface area contributed by atoms with E-state index in [4.69, 9.17) is 15.0 Å². The molecule has 2 aliphatic rings. The molecule has 0 saturated carbocycles. The average molecular weight is 720 g/mol. The Morgan fingerprint density at radius 1 is 0.962 bits per heavy atom. The van der Waals surface area contributed by atoms with E-state index in [9.17, 15) is 14.0 Å². The van der Waals surface area contributed by atoms with Crippen molar-refractivity contribution in [2.24, 2.45) is 0 Å². The lowest BCUT2D eigenvalue weighted by atomic mass is 10.0. The van der Waals surface area contributed by atoms with Crippen LogP contribution in [0, 0.1) is 29.0 Å². The first-order valence-corrected chi connectivity index (χ1v) is 18.4. The van der Waals surface area contributed by atoms with Crippen LogP contribution in [0.15, 0.2) is 66.9 Å². The Morgan fingerprint density at radius 3 is 2.19 bits per heavy atom. The molecule has 0 aliphatic carbocycles. The van der Waals surface area contributed by atoms with E-state index in [0.29, 0.717) is 11.1 Å². The minimum absolute atomic E-state index is 0.00223. The van der Waals surface area contributed by atoms with Gasteiger partial charge in [-0.05, 0) is 81.5 Å². The summed E-state index contributed by atoms with van der Waals surface area (Å²) in [5.41, 5.74) is 4.91. The fourth-order valence-electron chi connectivity index (χ4n) is 6.50. The minimum atomic E-state index is -0.630. The lowest BCUT2D eigenvalue weighted by molar-refractivity contribution is 0.0534. The summed E-state index contributed by atoms with van der Waals surface area (Å²) in [6, 6.07) is 18.4. The Kier molecular flexibility index (Phi) is 13.6. The fraction of sp³-hybridized carbons (Fsp3) is 0.429. The second kappa shape index (κ2) is 18.5. The topological polar surface area (TPSA) is 114 Å². The lowest BCUT2D eigenvalue weighted by Crippen LogP contribution is -2.45. The molecule has 3 aromatic rings. The quantitative estimate of drug-likeness (QED) is 0.248. The highest BCUT2D eigenvalue weighted by Crippen LogP contribution is 2.24.